The second kappa shape index (κ2) is 3.37. The number of ether oxygens (including phenoxy) is 1. The van der Waals surface area contributed by atoms with Crippen molar-refractivity contribution in [3.8, 4) is 0 Å². The van der Waals surface area contributed by atoms with Crippen molar-refractivity contribution in [1.82, 2.24) is 0 Å². The Morgan fingerprint density at radius 1 is 1.75 bits per heavy atom. The van der Waals surface area contributed by atoms with Gasteiger partial charge in [-0.05, 0) is 29.1 Å². The van der Waals surface area contributed by atoms with E-state index in [0.717, 1.165) is 4.91 Å². The van der Waals surface area contributed by atoms with E-state index in [1.807, 2.05) is 0 Å². The Kier molecular flexibility index (Phi) is 2.64. The molecule has 66 valence electrons. The standard InChI is InChI=1S/C7H8O3S2/c1-4-3-5(8)6(12(4)11)7(9)10-2/h3,8H,1-2H3. The van der Waals surface area contributed by atoms with Crippen LogP contribution in [0.5, 0.6) is 0 Å². The largest absolute Gasteiger partial charge is 0.506 e. The molecule has 0 fully saturated rings. The molecule has 0 aromatic rings. The molecule has 0 spiro atoms. The number of aliphatic hydroxyl groups is 1. The molecule has 1 unspecified atom stereocenters. The maximum Gasteiger partial charge on any atom is 0.348 e. The Labute approximate surface area is 77.3 Å². The molecular formula is C7H8O3S2. The molecule has 1 aliphatic heterocycles. The SMILES string of the molecule is COC(=O)C1=C(O)C=C(C)S1=S. The summed E-state index contributed by atoms with van der Waals surface area (Å²) >= 11 is 5.01. The summed E-state index contributed by atoms with van der Waals surface area (Å²) in [5.74, 6) is -0.600. The van der Waals surface area contributed by atoms with Gasteiger partial charge in [-0.15, -0.1) is 0 Å². The van der Waals surface area contributed by atoms with Gasteiger partial charge in [0.05, 0.1) is 7.11 Å². The maximum absolute atomic E-state index is 11.0. The first kappa shape index (κ1) is 9.41. The first-order chi connectivity index (χ1) is 5.57. The molecule has 0 saturated carbocycles. The zero-order chi connectivity index (χ0) is 9.30. The molecule has 1 aliphatic rings. The fourth-order valence-corrected chi connectivity index (χ4v) is 2.47. The van der Waals surface area contributed by atoms with E-state index in [4.69, 9.17) is 11.2 Å². The quantitative estimate of drug-likeness (QED) is 0.645. The summed E-state index contributed by atoms with van der Waals surface area (Å²) in [5, 5.41) is 9.27. The average Bonchev–Trinajstić information content (AvgIpc) is 2.26. The summed E-state index contributed by atoms with van der Waals surface area (Å²) in [6, 6.07) is 0. The fourth-order valence-electron chi connectivity index (χ4n) is 0.841. The Morgan fingerprint density at radius 3 is 2.67 bits per heavy atom. The van der Waals surface area contributed by atoms with E-state index < -0.39 is 15.4 Å². The Hall–Kier alpha value is -0.680. The predicted octanol–water partition coefficient (Wildman–Crippen LogP) is 0.927. The van der Waals surface area contributed by atoms with Crippen molar-refractivity contribution < 1.29 is 14.6 Å². The molecule has 0 radical (unpaired) electrons. The highest BCUT2D eigenvalue weighted by Gasteiger charge is 2.24. The van der Waals surface area contributed by atoms with Crippen molar-refractivity contribution in [2.24, 2.45) is 0 Å². The van der Waals surface area contributed by atoms with E-state index in [1.165, 1.54) is 13.2 Å². The van der Waals surface area contributed by atoms with Crippen molar-refractivity contribution in [1.29, 1.82) is 0 Å². The van der Waals surface area contributed by atoms with Crippen LogP contribution >= 0.6 is 0 Å². The highest BCUT2D eigenvalue weighted by Crippen LogP contribution is 2.25. The van der Waals surface area contributed by atoms with Crippen LogP contribution in [0.25, 0.3) is 0 Å². The first-order valence-electron chi connectivity index (χ1n) is 3.19. The van der Waals surface area contributed by atoms with Crippen molar-refractivity contribution in [2.75, 3.05) is 7.11 Å². The smallest absolute Gasteiger partial charge is 0.348 e. The van der Waals surface area contributed by atoms with Gasteiger partial charge in [0.2, 0.25) is 0 Å². The lowest BCUT2D eigenvalue weighted by molar-refractivity contribution is -0.135. The monoisotopic (exact) mass is 204 g/mol. The van der Waals surface area contributed by atoms with Gasteiger partial charge in [0.1, 0.15) is 10.7 Å². The Bertz CT molecular complexity index is 315. The lowest BCUT2D eigenvalue weighted by atomic mass is 10.4. The second-order valence-electron chi connectivity index (χ2n) is 2.23. The van der Waals surface area contributed by atoms with E-state index in [1.54, 1.807) is 6.92 Å². The minimum Gasteiger partial charge on any atom is -0.506 e. The molecule has 5 heteroatoms. The van der Waals surface area contributed by atoms with Crippen LogP contribution in [0.2, 0.25) is 0 Å². The Morgan fingerprint density at radius 2 is 2.33 bits per heavy atom. The molecule has 1 atom stereocenters. The third-order valence-corrected chi connectivity index (χ3v) is 4.16. The summed E-state index contributed by atoms with van der Waals surface area (Å²) in [6.07, 6.45) is 1.50. The number of hydrogen-bond donors (Lipinski definition) is 1. The van der Waals surface area contributed by atoms with Crippen LogP contribution in [0.4, 0.5) is 0 Å². The van der Waals surface area contributed by atoms with Gasteiger partial charge in [-0.3, -0.25) is 0 Å². The zero-order valence-corrected chi connectivity index (χ0v) is 8.29. The van der Waals surface area contributed by atoms with Gasteiger partial charge >= 0.3 is 5.97 Å². The maximum atomic E-state index is 11.0. The van der Waals surface area contributed by atoms with Crippen LogP contribution in [-0.2, 0) is 30.2 Å². The topological polar surface area (TPSA) is 46.5 Å². The van der Waals surface area contributed by atoms with Crippen LogP contribution in [0.15, 0.2) is 21.6 Å². The molecule has 1 heterocycles. The Balaban J connectivity index is 3.03. The third kappa shape index (κ3) is 1.42. The van der Waals surface area contributed by atoms with Gasteiger partial charge in [0.25, 0.3) is 0 Å². The fraction of sp³-hybridized carbons (Fsp3) is 0.286. The van der Waals surface area contributed by atoms with Crippen LogP contribution in [0.1, 0.15) is 6.92 Å². The van der Waals surface area contributed by atoms with Crippen molar-refractivity contribution in [3.63, 3.8) is 0 Å². The van der Waals surface area contributed by atoms with E-state index in [-0.39, 0.29) is 10.7 Å². The molecule has 12 heavy (non-hydrogen) atoms. The highest BCUT2D eigenvalue weighted by molar-refractivity contribution is 8.33. The van der Waals surface area contributed by atoms with E-state index in [2.05, 4.69) is 4.74 Å². The van der Waals surface area contributed by atoms with Crippen LogP contribution < -0.4 is 0 Å². The number of carbonyl (C=O) groups excluding carboxylic acids is 1. The molecule has 0 bridgehead atoms. The first-order valence-corrected chi connectivity index (χ1v) is 5.34. The normalized spacial score (nSPS) is 22.5. The molecule has 0 aromatic carbocycles. The van der Waals surface area contributed by atoms with Crippen molar-refractivity contribution in [2.45, 2.75) is 6.92 Å². The van der Waals surface area contributed by atoms with Crippen molar-refractivity contribution >= 4 is 26.6 Å². The van der Waals surface area contributed by atoms with Gasteiger partial charge in [0.15, 0.2) is 0 Å². The van der Waals surface area contributed by atoms with Crippen LogP contribution in [0.3, 0.4) is 0 Å². The number of hydrogen-bond acceptors (Lipinski definition) is 4. The highest BCUT2D eigenvalue weighted by atomic mass is 32.8. The molecule has 0 aromatic heterocycles. The molecule has 1 rings (SSSR count). The van der Waals surface area contributed by atoms with E-state index >= 15 is 0 Å². The third-order valence-electron chi connectivity index (χ3n) is 1.42. The summed E-state index contributed by atoms with van der Waals surface area (Å²) in [7, 11) is 0.551. The number of rotatable bonds is 1. The zero-order valence-electron chi connectivity index (χ0n) is 6.66. The molecule has 1 N–H and O–H groups in total. The molecule has 3 nitrogen and oxygen atoms in total. The van der Waals surface area contributed by atoms with Gasteiger partial charge in [0, 0.05) is 0 Å². The summed E-state index contributed by atoms with van der Waals surface area (Å²) in [5.41, 5.74) is 0. The molecule has 0 aliphatic carbocycles. The van der Waals surface area contributed by atoms with Gasteiger partial charge in [-0.2, -0.15) is 0 Å². The summed E-state index contributed by atoms with van der Waals surface area (Å²) in [6.45, 7) is 1.78. The van der Waals surface area contributed by atoms with Gasteiger partial charge in [-0.25, -0.2) is 4.79 Å². The van der Waals surface area contributed by atoms with Crippen LogP contribution in [-0.4, -0.2) is 18.2 Å². The molecular weight excluding hydrogens is 196 g/mol. The number of aliphatic hydroxyl groups excluding tert-OH is 1. The average molecular weight is 204 g/mol. The van der Waals surface area contributed by atoms with Crippen molar-refractivity contribution in [3.05, 3.63) is 21.6 Å². The van der Waals surface area contributed by atoms with E-state index in [9.17, 15) is 9.90 Å². The van der Waals surface area contributed by atoms with Crippen LogP contribution in [0, 0.1) is 0 Å². The van der Waals surface area contributed by atoms with Gasteiger partial charge < -0.3 is 9.84 Å². The summed E-state index contributed by atoms with van der Waals surface area (Å²) in [4.78, 5) is 12.1. The lowest BCUT2D eigenvalue weighted by Crippen LogP contribution is -2.08. The van der Waals surface area contributed by atoms with Gasteiger partial charge in [-0.1, -0.05) is 9.45 Å². The summed E-state index contributed by atoms with van der Waals surface area (Å²) < 4.78 is 4.47. The second-order valence-corrected chi connectivity index (χ2v) is 4.82. The number of methoxy groups -OCH3 is 1. The number of esters is 1. The van der Waals surface area contributed by atoms with E-state index in [0.29, 0.717) is 0 Å². The number of allylic oxidation sites excluding steroid dienone is 2. The number of carbonyl (C=O) groups is 1. The molecule has 0 amide bonds. The minimum atomic E-state index is -0.716. The minimum absolute atomic E-state index is 0.0577. The lowest BCUT2D eigenvalue weighted by Gasteiger charge is -2.01. The predicted molar refractivity (Wildman–Crippen MR) is 50.2 cm³/mol. The molecule has 0 saturated heterocycles.